The second-order valence-corrected chi connectivity index (χ2v) is 5.70. The highest BCUT2D eigenvalue weighted by atomic mass is 16.5. The van der Waals surface area contributed by atoms with E-state index in [1.165, 1.54) is 51.5 Å². The van der Waals surface area contributed by atoms with Gasteiger partial charge in [0, 0.05) is 26.9 Å². The van der Waals surface area contributed by atoms with Crippen LogP contribution in [0.3, 0.4) is 0 Å². The topological polar surface area (TPSA) is 30.5 Å². The van der Waals surface area contributed by atoms with Crippen LogP contribution in [0, 0.1) is 5.41 Å². The van der Waals surface area contributed by atoms with E-state index in [1.807, 2.05) is 0 Å². The summed E-state index contributed by atoms with van der Waals surface area (Å²) in [6.45, 7) is 4.23. The molecule has 1 saturated carbocycles. The van der Waals surface area contributed by atoms with Crippen molar-refractivity contribution in [2.24, 2.45) is 5.41 Å². The van der Waals surface area contributed by atoms with Crippen molar-refractivity contribution in [3.05, 3.63) is 0 Å². The van der Waals surface area contributed by atoms with Gasteiger partial charge >= 0.3 is 0 Å². The predicted molar refractivity (Wildman–Crippen MR) is 69.2 cm³/mol. The second-order valence-electron chi connectivity index (χ2n) is 5.70. The van der Waals surface area contributed by atoms with Gasteiger partial charge in [-0.1, -0.05) is 0 Å². The van der Waals surface area contributed by atoms with E-state index < -0.39 is 0 Å². The van der Waals surface area contributed by atoms with E-state index in [9.17, 15) is 0 Å². The summed E-state index contributed by atoms with van der Waals surface area (Å²) in [6.07, 6.45) is 9.58. The molecule has 0 radical (unpaired) electrons. The van der Waals surface area contributed by atoms with Gasteiger partial charge in [-0.15, -0.1) is 0 Å². The summed E-state index contributed by atoms with van der Waals surface area (Å²) < 4.78 is 10.8. The summed E-state index contributed by atoms with van der Waals surface area (Å²) in [6, 6.07) is 0. The molecule has 3 heteroatoms. The first-order valence-electron chi connectivity index (χ1n) is 7.16. The van der Waals surface area contributed by atoms with Crippen molar-refractivity contribution in [2.75, 3.05) is 33.4 Å². The molecule has 1 heterocycles. The Balaban J connectivity index is 1.45. The number of rotatable bonds is 9. The highest BCUT2D eigenvalue weighted by Gasteiger charge is 2.41. The fourth-order valence-electron chi connectivity index (χ4n) is 2.69. The molecule has 2 rings (SSSR count). The normalized spacial score (nSPS) is 26.3. The maximum atomic E-state index is 5.62. The van der Waals surface area contributed by atoms with E-state index >= 15 is 0 Å². The molecule has 0 spiro atoms. The van der Waals surface area contributed by atoms with Crippen molar-refractivity contribution in [3.8, 4) is 0 Å². The number of methoxy groups -OCH3 is 1. The molecule has 2 fully saturated rings. The van der Waals surface area contributed by atoms with Crippen LogP contribution in [0.25, 0.3) is 0 Å². The van der Waals surface area contributed by atoms with Gasteiger partial charge in [-0.25, -0.2) is 0 Å². The van der Waals surface area contributed by atoms with Crippen LogP contribution in [0.1, 0.15) is 44.9 Å². The molecule has 1 atom stereocenters. The zero-order valence-corrected chi connectivity index (χ0v) is 11.2. The lowest BCUT2D eigenvalue weighted by Gasteiger charge is -2.16. The number of hydrogen-bond acceptors (Lipinski definition) is 3. The Labute approximate surface area is 105 Å². The standard InChI is InChI=1S/C14H27NO2/c1-16-11-8-14(6-7-14)12-15-9-2-4-13-5-3-10-17-13/h13,15H,2-12H2,1H3. The third-order valence-electron chi connectivity index (χ3n) is 4.20. The van der Waals surface area contributed by atoms with Gasteiger partial charge in [0.1, 0.15) is 0 Å². The SMILES string of the molecule is COCCC1(CNCCCC2CCCO2)CC1. The number of ether oxygens (including phenoxy) is 2. The molecule has 1 N–H and O–H groups in total. The van der Waals surface area contributed by atoms with Gasteiger partial charge in [0.15, 0.2) is 0 Å². The summed E-state index contributed by atoms with van der Waals surface area (Å²) in [5.74, 6) is 0. The molecule has 0 aromatic heterocycles. The molecule has 17 heavy (non-hydrogen) atoms. The van der Waals surface area contributed by atoms with Crippen LogP contribution in [0.4, 0.5) is 0 Å². The van der Waals surface area contributed by atoms with Crippen LogP contribution >= 0.6 is 0 Å². The Bertz CT molecular complexity index is 210. The summed E-state index contributed by atoms with van der Waals surface area (Å²) in [4.78, 5) is 0. The van der Waals surface area contributed by atoms with Crippen LogP contribution in [0.15, 0.2) is 0 Å². The average Bonchev–Trinajstić information content (AvgIpc) is 2.91. The minimum Gasteiger partial charge on any atom is -0.385 e. The summed E-state index contributed by atoms with van der Waals surface area (Å²) in [7, 11) is 1.80. The Kier molecular flexibility index (Phi) is 5.26. The van der Waals surface area contributed by atoms with Gasteiger partial charge in [-0.2, -0.15) is 0 Å². The smallest absolute Gasteiger partial charge is 0.0576 e. The molecule has 1 unspecified atom stereocenters. The van der Waals surface area contributed by atoms with Crippen LogP contribution in [0.5, 0.6) is 0 Å². The molecule has 1 aliphatic carbocycles. The number of hydrogen-bond donors (Lipinski definition) is 1. The Morgan fingerprint density at radius 3 is 2.94 bits per heavy atom. The second kappa shape index (κ2) is 6.72. The van der Waals surface area contributed by atoms with E-state index in [0.717, 1.165) is 19.8 Å². The van der Waals surface area contributed by atoms with Crippen molar-refractivity contribution in [2.45, 2.75) is 51.0 Å². The van der Waals surface area contributed by atoms with Gasteiger partial charge in [-0.05, 0) is 56.9 Å². The zero-order valence-electron chi connectivity index (χ0n) is 11.2. The largest absolute Gasteiger partial charge is 0.385 e. The molecule has 0 bridgehead atoms. The lowest BCUT2D eigenvalue weighted by molar-refractivity contribution is 0.102. The molecule has 0 aromatic carbocycles. The molecule has 2 aliphatic rings. The highest BCUT2D eigenvalue weighted by Crippen LogP contribution is 2.48. The van der Waals surface area contributed by atoms with Crippen LogP contribution < -0.4 is 5.32 Å². The molecule has 100 valence electrons. The monoisotopic (exact) mass is 241 g/mol. The Hall–Kier alpha value is -0.120. The maximum absolute atomic E-state index is 5.62. The minimum atomic E-state index is 0.556. The van der Waals surface area contributed by atoms with E-state index in [-0.39, 0.29) is 0 Å². The summed E-state index contributed by atoms with van der Waals surface area (Å²) in [5, 5.41) is 3.61. The highest BCUT2D eigenvalue weighted by molar-refractivity contribution is 4.94. The van der Waals surface area contributed by atoms with Gasteiger partial charge in [0.2, 0.25) is 0 Å². The maximum Gasteiger partial charge on any atom is 0.0576 e. The molecular weight excluding hydrogens is 214 g/mol. The van der Waals surface area contributed by atoms with Crippen molar-refractivity contribution in [3.63, 3.8) is 0 Å². The molecule has 1 aliphatic heterocycles. The van der Waals surface area contributed by atoms with Gasteiger partial charge in [0.25, 0.3) is 0 Å². The van der Waals surface area contributed by atoms with Gasteiger partial charge in [0.05, 0.1) is 6.10 Å². The Morgan fingerprint density at radius 1 is 1.41 bits per heavy atom. The lowest BCUT2D eigenvalue weighted by Crippen LogP contribution is -2.26. The quantitative estimate of drug-likeness (QED) is 0.629. The van der Waals surface area contributed by atoms with Crippen LogP contribution in [-0.4, -0.2) is 39.5 Å². The molecule has 0 amide bonds. The van der Waals surface area contributed by atoms with Crippen molar-refractivity contribution in [1.29, 1.82) is 0 Å². The van der Waals surface area contributed by atoms with E-state index in [0.29, 0.717) is 11.5 Å². The Morgan fingerprint density at radius 2 is 2.29 bits per heavy atom. The molecule has 3 nitrogen and oxygen atoms in total. The molecule has 0 aromatic rings. The first kappa shape index (κ1) is 13.3. The minimum absolute atomic E-state index is 0.556. The summed E-state index contributed by atoms with van der Waals surface area (Å²) in [5.41, 5.74) is 0.583. The first-order chi connectivity index (χ1) is 8.35. The van der Waals surface area contributed by atoms with Gasteiger partial charge in [-0.3, -0.25) is 0 Å². The number of nitrogens with one attached hydrogen (secondary N) is 1. The predicted octanol–water partition coefficient (Wildman–Crippen LogP) is 2.35. The summed E-state index contributed by atoms with van der Waals surface area (Å²) >= 11 is 0. The van der Waals surface area contributed by atoms with Crippen LogP contribution in [-0.2, 0) is 9.47 Å². The van der Waals surface area contributed by atoms with E-state index in [2.05, 4.69) is 5.32 Å². The van der Waals surface area contributed by atoms with E-state index in [4.69, 9.17) is 9.47 Å². The van der Waals surface area contributed by atoms with Crippen molar-refractivity contribution < 1.29 is 9.47 Å². The fourth-order valence-corrected chi connectivity index (χ4v) is 2.69. The van der Waals surface area contributed by atoms with Gasteiger partial charge < -0.3 is 14.8 Å². The van der Waals surface area contributed by atoms with Crippen LogP contribution in [0.2, 0.25) is 0 Å². The molecular formula is C14H27NO2. The van der Waals surface area contributed by atoms with E-state index in [1.54, 1.807) is 7.11 Å². The van der Waals surface area contributed by atoms with Crippen molar-refractivity contribution >= 4 is 0 Å². The lowest BCUT2D eigenvalue weighted by atomic mass is 10.0. The third kappa shape index (κ3) is 4.57. The first-order valence-corrected chi connectivity index (χ1v) is 7.16. The third-order valence-corrected chi connectivity index (χ3v) is 4.20. The zero-order chi connectivity index (χ0) is 12.0. The average molecular weight is 241 g/mol. The van der Waals surface area contributed by atoms with Crippen molar-refractivity contribution in [1.82, 2.24) is 5.32 Å². The molecule has 1 saturated heterocycles. The fraction of sp³-hybridized carbons (Fsp3) is 1.00.